The van der Waals surface area contributed by atoms with Gasteiger partial charge in [0.15, 0.2) is 0 Å². The van der Waals surface area contributed by atoms with Crippen molar-refractivity contribution in [3.63, 3.8) is 0 Å². The normalized spacial score (nSPS) is 41.3. The van der Waals surface area contributed by atoms with E-state index in [0.717, 1.165) is 67.8 Å². The van der Waals surface area contributed by atoms with Gasteiger partial charge in [-0.15, -0.1) is 0 Å². The zero-order valence-electron chi connectivity index (χ0n) is 23.0. The summed E-state index contributed by atoms with van der Waals surface area (Å²) in [7, 11) is 0. The predicted molar refractivity (Wildman–Crippen MR) is 145 cm³/mol. The smallest absolute Gasteiger partial charge is 0.0991 e. The fraction of sp³-hybridized carbons (Fsp3) is 0.727. The Morgan fingerprint density at radius 1 is 1.08 bits per heavy atom. The van der Waals surface area contributed by atoms with Gasteiger partial charge in [-0.25, -0.2) is 0 Å². The molecule has 0 amide bonds. The van der Waals surface area contributed by atoms with Crippen molar-refractivity contribution in [2.45, 2.75) is 110 Å². The van der Waals surface area contributed by atoms with Gasteiger partial charge in [0.25, 0.3) is 0 Å². The van der Waals surface area contributed by atoms with Gasteiger partial charge in [-0.1, -0.05) is 51.5 Å². The van der Waals surface area contributed by atoms with E-state index in [-0.39, 0.29) is 5.41 Å². The molecule has 1 aromatic rings. The molecule has 0 spiro atoms. The minimum absolute atomic E-state index is 0.289. The lowest BCUT2D eigenvalue weighted by Crippen LogP contribution is -2.52. The highest BCUT2D eigenvalue weighted by atomic mass is 16.3. The number of allylic oxidation sites excluding steroid dienone is 1. The fourth-order valence-corrected chi connectivity index (χ4v) is 9.59. The molecule has 1 aromatic carbocycles. The van der Waals surface area contributed by atoms with Crippen molar-refractivity contribution < 1.29 is 10.2 Å². The Morgan fingerprint density at radius 3 is 2.64 bits per heavy atom. The topological polar surface area (TPSA) is 64.2 Å². The summed E-state index contributed by atoms with van der Waals surface area (Å²) in [5, 5.41) is 31.1. The summed E-state index contributed by atoms with van der Waals surface area (Å²) >= 11 is 0. The van der Waals surface area contributed by atoms with Crippen LogP contribution in [0.1, 0.15) is 116 Å². The molecule has 5 rings (SSSR count). The monoisotopic (exact) mass is 489 g/mol. The molecule has 196 valence electrons. The van der Waals surface area contributed by atoms with Crippen LogP contribution >= 0.6 is 0 Å². The van der Waals surface area contributed by atoms with E-state index >= 15 is 0 Å². The van der Waals surface area contributed by atoms with Gasteiger partial charge in [0, 0.05) is 0 Å². The third-order valence-corrected chi connectivity index (χ3v) is 12.0. The zero-order valence-corrected chi connectivity index (χ0v) is 23.0. The third-order valence-electron chi connectivity index (χ3n) is 12.0. The summed E-state index contributed by atoms with van der Waals surface area (Å²) in [6.07, 6.45) is 14.3. The second-order valence-electron chi connectivity index (χ2n) is 13.6. The standard InChI is InChI=1S/C33H47NO2/c1-5-33(36)18-17-31(3)25(20-33)10-11-26-28-13-12-27(32(28,4)16-15-29(26)31)22(2)9-14-30(35)24-8-6-7-23(19-24)21-34/h6-8,10,19,22,26-30,35-36H,5,9,11-18,20H2,1-4H3/t22-,26?,27?,28?,29?,30?,31?,32?,33+/m1/s1. The van der Waals surface area contributed by atoms with Crippen LogP contribution in [0.3, 0.4) is 0 Å². The molecule has 0 radical (unpaired) electrons. The van der Waals surface area contributed by atoms with Crippen LogP contribution in [-0.4, -0.2) is 15.8 Å². The number of nitriles is 1. The highest BCUT2D eigenvalue weighted by Gasteiger charge is 2.59. The van der Waals surface area contributed by atoms with Crippen LogP contribution in [0.2, 0.25) is 0 Å². The largest absolute Gasteiger partial charge is 0.390 e. The molecular weight excluding hydrogens is 442 g/mol. The zero-order chi connectivity index (χ0) is 25.7. The second kappa shape index (κ2) is 9.59. The van der Waals surface area contributed by atoms with Crippen LogP contribution in [0, 0.1) is 51.8 Å². The molecule has 4 aliphatic rings. The Balaban J connectivity index is 1.27. The molecule has 0 aliphatic heterocycles. The molecule has 0 heterocycles. The molecule has 3 saturated carbocycles. The Morgan fingerprint density at radius 2 is 1.89 bits per heavy atom. The fourth-order valence-electron chi connectivity index (χ4n) is 9.59. The number of nitrogens with zero attached hydrogens (tertiary/aromatic N) is 1. The summed E-state index contributed by atoms with van der Waals surface area (Å²) in [6, 6.07) is 9.65. The summed E-state index contributed by atoms with van der Waals surface area (Å²) < 4.78 is 0. The molecular formula is C33H47NO2. The minimum atomic E-state index is -0.489. The average molecular weight is 490 g/mol. The van der Waals surface area contributed by atoms with Crippen LogP contribution in [0.5, 0.6) is 0 Å². The molecule has 0 saturated heterocycles. The maximum absolute atomic E-state index is 11.0. The van der Waals surface area contributed by atoms with E-state index in [1.807, 2.05) is 18.2 Å². The number of rotatable bonds is 6. The first-order chi connectivity index (χ1) is 17.1. The van der Waals surface area contributed by atoms with Crippen molar-refractivity contribution in [1.82, 2.24) is 0 Å². The van der Waals surface area contributed by atoms with E-state index in [0.29, 0.717) is 16.9 Å². The lowest BCUT2D eigenvalue weighted by molar-refractivity contribution is -0.0757. The second-order valence-corrected chi connectivity index (χ2v) is 13.6. The first-order valence-electron chi connectivity index (χ1n) is 14.7. The Bertz CT molecular complexity index is 1040. The molecule has 9 atom stereocenters. The highest BCUT2D eigenvalue weighted by molar-refractivity contribution is 5.33. The summed E-state index contributed by atoms with van der Waals surface area (Å²) in [4.78, 5) is 0. The number of aliphatic hydroxyl groups is 2. The van der Waals surface area contributed by atoms with Gasteiger partial charge < -0.3 is 10.2 Å². The Kier molecular flexibility index (Phi) is 6.93. The predicted octanol–water partition coefficient (Wildman–Crippen LogP) is 7.73. The summed E-state index contributed by atoms with van der Waals surface area (Å²) in [6.45, 7) is 9.71. The Hall–Kier alpha value is -1.63. The van der Waals surface area contributed by atoms with Crippen molar-refractivity contribution in [1.29, 1.82) is 5.26 Å². The van der Waals surface area contributed by atoms with E-state index in [1.165, 1.54) is 32.1 Å². The van der Waals surface area contributed by atoms with Gasteiger partial charge in [-0.2, -0.15) is 5.26 Å². The van der Waals surface area contributed by atoms with E-state index < -0.39 is 11.7 Å². The SMILES string of the molecule is CC[C@]1(O)CCC2(C)C(=CCC3C2CCC2(C)C3CCC2[C@H](C)CCC(O)c2cccc(C#N)c2)C1. The molecule has 3 nitrogen and oxygen atoms in total. The molecule has 4 aliphatic carbocycles. The van der Waals surface area contributed by atoms with Gasteiger partial charge in [0.05, 0.1) is 23.3 Å². The van der Waals surface area contributed by atoms with Gasteiger partial charge in [0.1, 0.15) is 0 Å². The number of benzene rings is 1. The number of hydrogen-bond acceptors (Lipinski definition) is 3. The van der Waals surface area contributed by atoms with E-state index in [4.69, 9.17) is 0 Å². The minimum Gasteiger partial charge on any atom is -0.390 e. The quantitative estimate of drug-likeness (QED) is 0.402. The molecule has 36 heavy (non-hydrogen) atoms. The summed E-state index contributed by atoms with van der Waals surface area (Å²) in [5.74, 6) is 3.71. The first-order valence-corrected chi connectivity index (χ1v) is 14.7. The van der Waals surface area contributed by atoms with Crippen LogP contribution < -0.4 is 0 Å². The lowest BCUT2D eigenvalue weighted by Gasteiger charge is -2.59. The lowest BCUT2D eigenvalue weighted by atomic mass is 9.46. The molecule has 7 unspecified atom stereocenters. The molecule has 3 fully saturated rings. The van der Waals surface area contributed by atoms with Crippen molar-refractivity contribution in [3.05, 3.63) is 47.0 Å². The van der Waals surface area contributed by atoms with Gasteiger partial charge >= 0.3 is 0 Å². The van der Waals surface area contributed by atoms with E-state index in [9.17, 15) is 15.5 Å². The molecule has 2 N–H and O–H groups in total. The van der Waals surface area contributed by atoms with Crippen molar-refractivity contribution in [2.24, 2.45) is 40.4 Å². The molecule has 0 aromatic heterocycles. The average Bonchev–Trinajstić information content (AvgIpc) is 3.25. The number of hydrogen-bond donors (Lipinski definition) is 2. The first kappa shape index (κ1) is 26.0. The van der Waals surface area contributed by atoms with Gasteiger partial charge in [-0.3, -0.25) is 0 Å². The molecule has 3 heteroatoms. The van der Waals surface area contributed by atoms with E-state index in [2.05, 4.69) is 39.8 Å². The van der Waals surface area contributed by atoms with Crippen LogP contribution in [-0.2, 0) is 0 Å². The number of fused-ring (bicyclic) bond motifs is 5. The maximum Gasteiger partial charge on any atom is 0.0991 e. The van der Waals surface area contributed by atoms with Crippen LogP contribution in [0.25, 0.3) is 0 Å². The third kappa shape index (κ3) is 4.27. The van der Waals surface area contributed by atoms with Crippen molar-refractivity contribution in [2.75, 3.05) is 0 Å². The van der Waals surface area contributed by atoms with Crippen LogP contribution in [0.4, 0.5) is 0 Å². The van der Waals surface area contributed by atoms with Crippen molar-refractivity contribution in [3.8, 4) is 6.07 Å². The molecule has 0 bridgehead atoms. The van der Waals surface area contributed by atoms with Crippen LogP contribution in [0.15, 0.2) is 35.9 Å². The van der Waals surface area contributed by atoms with E-state index in [1.54, 1.807) is 11.6 Å². The Labute approximate surface area is 219 Å². The maximum atomic E-state index is 11.0. The van der Waals surface area contributed by atoms with Crippen molar-refractivity contribution >= 4 is 0 Å². The summed E-state index contributed by atoms with van der Waals surface area (Å²) in [5.41, 5.74) is 3.29. The number of aliphatic hydroxyl groups excluding tert-OH is 1. The van der Waals surface area contributed by atoms with Gasteiger partial charge in [-0.05, 0) is 129 Å². The highest BCUT2D eigenvalue weighted by Crippen LogP contribution is 2.67. The van der Waals surface area contributed by atoms with Gasteiger partial charge in [0.2, 0.25) is 0 Å².